The SMILES string of the molecule is O=C(CNC(=O)c1cccs1)Nc1cc(Cl)cc2c1OCC2. The second-order valence-electron chi connectivity index (χ2n) is 4.75. The van der Waals surface area contributed by atoms with Gasteiger partial charge in [-0.25, -0.2) is 0 Å². The monoisotopic (exact) mass is 336 g/mol. The number of fused-ring (bicyclic) bond motifs is 1. The Morgan fingerprint density at radius 2 is 2.23 bits per heavy atom. The lowest BCUT2D eigenvalue weighted by atomic mass is 10.1. The van der Waals surface area contributed by atoms with Gasteiger partial charge in [-0.1, -0.05) is 17.7 Å². The van der Waals surface area contributed by atoms with E-state index in [0.29, 0.717) is 27.9 Å². The summed E-state index contributed by atoms with van der Waals surface area (Å²) in [5.41, 5.74) is 1.51. The fourth-order valence-electron chi connectivity index (χ4n) is 2.21. The van der Waals surface area contributed by atoms with Gasteiger partial charge in [-0.15, -0.1) is 11.3 Å². The molecule has 1 aromatic heterocycles. The molecule has 1 aliphatic rings. The largest absolute Gasteiger partial charge is 0.491 e. The van der Waals surface area contributed by atoms with Gasteiger partial charge >= 0.3 is 0 Å². The Hall–Kier alpha value is -2.05. The zero-order chi connectivity index (χ0) is 15.5. The predicted molar refractivity (Wildman–Crippen MR) is 85.9 cm³/mol. The quantitative estimate of drug-likeness (QED) is 0.902. The van der Waals surface area contributed by atoms with E-state index in [2.05, 4.69) is 10.6 Å². The van der Waals surface area contributed by atoms with Gasteiger partial charge in [-0.3, -0.25) is 9.59 Å². The number of halogens is 1. The van der Waals surface area contributed by atoms with E-state index >= 15 is 0 Å². The van der Waals surface area contributed by atoms with Crippen LogP contribution >= 0.6 is 22.9 Å². The molecule has 7 heteroatoms. The third-order valence-electron chi connectivity index (χ3n) is 3.18. The van der Waals surface area contributed by atoms with Crippen LogP contribution in [0.4, 0.5) is 5.69 Å². The van der Waals surface area contributed by atoms with E-state index in [0.717, 1.165) is 12.0 Å². The maximum atomic E-state index is 12.0. The van der Waals surface area contributed by atoms with Crippen molar-refractivity contribution in [1.82, 2.24) is 5.32 Å². The summed E-state index contributed by atoms with van der Waals surface area (Å²) in [6, 6.07) is 6.96. The van der Waals surface area contributed by atoms with Gasteiger partial charge in [0, 0.05) is 17.0 Å². The lowest BCUT2D eigenvalue weighted by Gasteiger charge is -2.11. The number of hydrogen-bond acceptors (Lipinski definition) is 4. The lowest BCUT2D eigenvalue weighted by Crippen LogP contribution is -2.32. The third-order valence-corrected chi connectivity index (χ3v) is 4.26. The Bertz CT molecular complexity index is 716. The first-order valence-corrected chi connectivity index (χ1v) is 7.96. The number of benzene rings is 1. The molecular formula is C15H13ClN2O3S. The summed E-state index contributed by atoms with van der Waals surface area (Å²) in [7, 11) is 0. The van der Waals surface area contributed by atoms with E-state index in [1.807, 2.05) is 11.4 Å². The van der Waals surface area contributed by atoms with Crippen LogP contribution in [0.2, 0.25) is 5.02 Å². The van der Waals surface area contributed by atoms with Crippen molar-refractivity contribution in [2.75, 3.05) is 18.5 Å². The van der Waals surface area contributed by atoms with E-state index < -0.39 is 0 Å². The van der Waals surface area contributed by atoms with Gasteiger partial charge in [-0.2, -0.15) is 0 Å². The number of carbonyl (C=O) groups excluding carboxylic acids is 2. The van der Waals surface area contributed by atoms with E-state index in [9.17, 15) is 9.59 Å². The highest BCUT2D eigenvalue weighted by molar-refractivity contribution is 7.12. The van der Waals surface area contributed by atoms with Crippen molar-refractivity contribution < 1.29 is 14.3 Å². The molecule has 2 aromatic rings. The molecule has 114 valence electrons. The summed E-state index contributed by atoms with van der Waals surface area (Å²) in [6.07, 6.45) is 0.772. The molecule has 0 spiro atoms. The highest BCUT2D eigenvalue weighted by atomic mass is 35.5. The van der Waals surface area contributed by atoms with Crippen LogP contribution in [0.3, 0.4) is 0 Å². The van der Waals surface area contributed by atoms with Crippen molar-refractivity contribution in [2.45, 2.75) is 6.42 Å². The van der Waals surface area contributed by atoms with Crippen molar-refractivity contribution in [3.8, 4) is 5.75 Å². The average Bonchev–Trinajstić information content (AvgIpc) is 3.15. The van der Waals surface area contributed by atoms with Gasteiger partial charge in [0.2, 0.25) is 5.91 Å². The number of anilines is 1. The summed E-state index contributed by atoms with van der Waals surface area (Å²) < 4.78 is 5.51. The molecular weight excluding hydrogens is 324 g/mol. The molecule has 5 nitrogen and oxygen atoms in total. The van der Waals surface area contributed by atoms with Gasteiger partial charge in [0.25, 0.3) is 5.91 Å². The summed E-state index contributed by atoms with van der Waals surface area (Å²) in [5, 5.41) is 7.65. The van der Waals surface area contributed by atoms with Gasteiger partial charge in [0.15, 0.2) is 0 Å². The van der Waals surface area contributed by atoms with Crippen molar-refractivity contribution in [2.24, 2.45) is 0 Å². The zero-order valence-corrected chi connectivity index (χ0v) is 13.1. The second kappa shape index (κ2) is 6.37. The Morgan fingerprint density at radius 3 is 3.00 bits per heavy atom. The first kappa shape index (κ1) is 14.9. The number of carbonyl (C=O) groups is 2. The van der Waals surface area contributed by atoms with E-state index in [1.54, 1.807) is 18.2 Å². The van der Waals surface area contributed by atoms with Crippen LogP contribution in [-0.4, -0.2) is 25.0 Å². The molecule has 2 amide bonds. The first-order chi connectivity index (χ1) is 10.6. The van der Waals surface area contributed by atoms with E-state index in [-0.39, 0.29) is 18.4 Å². The van der Waals surface area contributed by atoms with Crippen LogP contribution in [-0.2, 0) is 11.2 Å². The highest BCUT2D eigenvalue weighted by Crippen LogP contribution is 2.36. The van der Waals surface area contributed by atoms with Crippen LogP contribution in [0.5, 0.6) is 5.75 Å². The van der Waals surface area contributed by atoms with E-state index in [1.165, 1.54) is 11.3 Å². The highest BCUT2D eigenvalue weighted by Gasteiger charge is 2.19. The van der Waals surface area contributed by atoms with Crippen LogP contribution in [0.1, 0.15) is 15.2 Å². The van der Waals surface area contributed by atoms with Crippen LogP contribution in [0, 0.1) is 0 Å². The second-order valence-corrected chi connectivity index (χ2v) is 6.13. The Morgan fingerprint density at radius 1 is 1.36 bits per heavy atom. The molecule has 0 atom stereocenters. The van der Waals surface area contributed by atoms with E-state index in [4.69, 9.17) is 16.3 Å². The maximum Gasteiger partial charge on any atom is 0.261 e. The molecule has 3 rings (SSSR count). The molecule has 2 heterocycles. The standard InChI is InChI=1S/C15H13ClN2O3S/c16-10-6-9-3-4-21-14(9)11(7-10)18-13(19)8-17-15(20)12-2-1-5-22-12/h1-2,5-7H,3-4,8H2,(H,17,20)(H,18,19). The van der Waals surface area contributed by atoms with Gasteiger partial charge < -0.3 is 15.4 Å². The molecule has 1 aliphatic heterocycles. The molecule has 0 bridgehead atoms. The summed E-state index contributed by atoms with van der Waals surface area (Å²) in [4.78, 5) is 24.3. The maximum absolute atomic E-state index is 12.0. The van der Waals surface area contributed by atoms with Crippen molar-refractivity contribution in [3.05, 3.63) is 45.1 Å². The Labute approximate surface area is 136 Å². The van der Waals surface area contributed by atoms with Crippen LogP contribution in [0.15, 0.2) is 29.6 Å². The average molecular weight is 337 g/mol. The van der Waals surface area contributed by atoms with Crippen LogP contribution in [0.25, 0.3) is 0 Å². The molecule has 0 radical (unpaired) electrons. The zero-order valence-electron chi connectivity index (χ0n) is 11.5. The van der Waals surface area contributed by atoms with Crippen molar-refractivity contribution in [3.63, 3.8) is 0 Å². The van der Waals surface area contributed by atoms with Gasteiger partial charge in [0.1, 0.15) is 5.75 Å². The number of hydrogen-bond donors (Lipinski definition) is 2. The van der Waals surface area contributed by atoms with Gasteiger partial charge in [-0.05, 0) is 23.6 Å². The molecule has 2 N–H and O–H groups in total. The van der Waals surface area contributed by atoms with Crippen molar-refractivity contribution >= 4 is 40.4 Å². The minimum absolute atomic E-state index is 0.113. The number of nitrogens with one attached hydrogen (secondary N) is 2. The molecule has 0 fully saturated rings. The minimum Gasteiger partial charge on any atom is -0.491 e. The minimum atomic E-state index is -0.329. The normalized spacial score (nSPS) is 12.4. The summed E-state index contributed by atoms with van der Waals surface area (Å²) in [5.74, 6) is 0.0601. The third kappa shape index (κ3) is 3.23. The molecule has 0 saturated heterocycles. The number of amides is 2. The molecule has 0 aliphatic carbocycles. The molecule has 0 unspecified atom stereocenters. The Balaban J connectivity index is 1.62. The first-order valence-electron chi connectivity index (χ1n) is 6.70. The fraction of sp³-hybridized carbons (Fsp3) is 0.200. The fourth-order valence-corrected chi connectivity index (χ4v) is 3.09. The smallest absolute Gasteiger partial charge is 0.261 e. The number of ether oxygens (including phenoxy) is 1. The topological polar surface area (TPSA) is 67.4 Å². The Kier molecular flexibility index (Phi) is 4.31. The number of thiophene rings is 1. The van der Waals surface area contributed by atoms with Crippen molar-refractivity contribution in [1.29, 1.82) is 0 Å². The predicted octanol–water partition coefficient (Wildman–Crippen LogP) is 2.70. The van der Waals surface area contributed by atoms with Crippen LogP contribution < -0.4 is 15.4 Å². The van der Waals surface area contributed by atoms with Gasteiger partial charge in [0.05, 0.1) is 23.7 Å². The molecule has 0 saturated carbocycles. The molecule has 22 heavy (non-hydrogen) atoms. The lowest BCUT2D eigenvalue weighted by molar-refractivity contribution is -0.115. The number of rotatable bonds is 4. The summed E-state index contributed by atoms with van der Waals surface area (Å²) in [6.45, 7) is 0.464. The molecule has 1 aromatic carbocycles. The summed E-state index contributed by atoms with van der Waals surface area (Å²) >= 11 is 7.36.